The van der Waals surface area contributed by atoms with Gasteiger partial charge in [-0.3, -0.25) is 9.59 Å². The third-order valence-electron chi connectivity index (χ3n) is 3.52. The maximum atomic E-state index is 12.2. The molecular weight excluding hydrogens is 230 g/mol. The number of aliphatic carboxylic acids is 1. The predicted molar refractivity (Wildman–Crippen MR) is 67.3 cm³/mol. The van der Waals surface area contributed by atoms with Crippen LogP contribution >= 0.6 is 0 Å². The number of likely N-dealkylation sites (tertiary alicyclic amines) is 1. The summed E-state index contributed by atoms with van der Waals surface area (Å²) in [6.45, 7) is 2.63. The first-order valence-corrected chi connectivity index (χ1v) is 6.11. The Hall–Kier alpha value is -1.84. The molecule has 1 aliphatic rings. The molecule has 18 heavy (non-hydrogen) atoms. The maximum absolute atomic E-state index is 12.2. The highest BCUT2D eigenvalue weighted by Gasteiger charge is 2.39. The van der Waals surface area contributed by atoms with E-state index in [1.165, 1.54) is 0 Å². The molecule has 1 fully saturated rings. The van der Waals surface area contributed by atoms with E-state index in [9.17, 15) is 14.7 Å². The van der Waals surface area contributed by atoms with Crippen LogP contribution in [-0.2, 0) is 4.79 Å². The number of nitrogens with zero attached hydrogens (tertiary/aromatic N) is 1. The molecule has 1 aromatic carbocycles. The number of carboxylic acids is 1. The summed E-state index contributed by atoms with van der Waals surface area (Å²) in [6.07, 6.45) is 1.36. The van der Waals surface area contributed by atoms with Gasteiger partial charge in [0.1, 0.15) is 0 Å². The van der Waals surface area contributed by atoms with Gasteiger partial charge in [0.15, 0.2) is 0 Å². The number of rotatable bonds is 2. The molecule has 1 saturated heterocycles. The Kier molecular flexibility index (Phi) is 3.36. The number of hydrogen-bond donors (Lipinski definition) is 1. The van der Waals surface area contributed by atoms with Crippen molar-refractivity contribution in [1.29, 1.82) is 0 Å². The van der Waals surface area contributed by atoms with Crippen LogP contribution in [0.4, 0.5) is 0 Å². The minimum atomic E-state index is -0.826. The second kappa shape index (κ2) is 4.80. The number of piperidine rings is 1. The Morgan fingerprint density at radius 2 is 1.94 bits per heavy atom. The lowest BCUT2D eigenvalue weighted by Crippen LogP contribution is -2.48. The van der Waals surface area contributed by atoms with Crippen molar-refractivity contribution in [2.75, 3.05) is 13.1 Å². The van der Waals surface area contributed by atoms with Crippen LogP contribution in [0.1, 0.15) is 30.1 Å². The van der Waals surface area contributed by atoms with Crippen molar-refractivity contribution in [3.8, 4) is 0 Å². The molecule has 0 radical (unpaired) electrons. The predicted octanol–water partition coefficient (Wildman–Crippen LogP) is 2.01. The standard InChI is InChI=1S/C14H17NO3/c1-14(13(17)18)8-5-9-15(10-14)12(16)11-6-3-2-4-7-11/h2-4,6-7H,5,8-10H2,1H3,(H,17,18)/t14-/m1/s1. The van der Waals surface area contributed by atoms with Gasteiger partial charge < -0.3 is 10.0 Å². The molecule has 0 unspecified atom stereocenters. The fourth-order valence-corrected chi connectivity index (χ4v) is 2.35. The van der Waals surface area contributed by atoms with E-state index in [1.54, 1.807) is 24.0 Å². The van der Waals surface area contributed by atoms with Crippen molar-refractivity contribution in [3.63, 3.8) is 0 Å². The zero-order chi connectivity index (χ0) is 13.2. The summed E-state index contributed by atoms with van der Waals surface area (Å²) in [5.41, 5.74) is -0.199. The summed E-state index contributed by atoms with van der Waals surface area (Å²) >= 11 is 0. The van der Waals surface area contributed by atoms with Crippen LogP contribution < -0.4 is 0 Å². The SMILES string of the molecule is C[C@@]1(C(=O)O)CCCN(C(=O)c2ccccc2)C1. The molecule has 0 aromatic heterocycles. The Morgan fingerprint density at radius 1 is 1.28 bits per heavy atom. The Balaban J connectivity index is 2.15. The molecule has 0 spiro atoms. The lowest BCUT2D eigenvalue weighted by Gasteiger charge is -2.37. The average molecular weight is 247 g/mol. The molecule has 2 rings (SSSR count). The first-order valence-electron chi connectivity index (χ1n) is 6.11. The highest BCUT2D eigenvalue weighted by atomic mass is 16.4. The van der Waals surface area contributed by atoms with Crippen LogP contribution in [0.2, 0.25) is 0 Å². The van der Waals surface area contributed by atoms with E-state index < -0.39 is 11.4 Å². The highest BCUT2D eigenvalue weighted by molar-refractivity contribution is 5.94. The van der Waals surface area contributed by atoms with Gasteiger partial charge in [0.2, 0.25) is 0 Å². The van der Waals surface area contributed by atoms with Crippen molar-refractivity contribution < 1.29 is 14.7 Å². The van der Waals surface area contributed by atoms with E-state index in [2.05, 4.69) is 0 Å². The van der Waals surface area contributed by atoms with Crippen LogP contribution in [0.25, 0.3) is 0 Å². The van der Waals surface area contributed by atoms with Gasteiger partial charge in [0, 0.05) is 18.7 Å². The monoisotopic (exact) mass is 247 g/mol. The van der Waals surface area contributed by atoms with Crippen molar-refractivity contribution in [2.45, 2.75) is 19.8 Å². The smallest absolute Gasteiger partial charge is 0.311 e. The summed E-state index contributed by atoms with van der Waals surface area (Å²) in [4.78, 5) is 25.1. The Bertz CT molecular complexity index is 457. The molecule has 0 aliphatic carbocycles. The fourth-order valence-electron chi connectivity index (χ4n) is 2.35. The fraction of sp³-hybridized carbons (Fsp3) is 0.429. The lowest BCUT2D eigenvalue weighted by molar-refractivity contribution is -0.150. The van der Waals surface area contributed by atoms with Gasteiger partial charge >= 0.3 is 5.97 Å². The van der Waals surface area contributed by atoms with Crippen LogP contribution in [-0.4, -0.2) is 35.0 Å². The molecule has 1 heterocycles. The van der Waals surface area contributed by atoms with Gasteiger partial charge in [-0.1, -0.05) is 18.2 Å². The van der Waals surface area contributed by atoms with Crippen LogP contribution in [0.3, 0.4) is 0 Å². The van der Waals surface area contributed by atoms with Gasteiger partial charge in [-0.15, -0.1) is 0 Å². The zero-order valence-corrected chi connectivity index (χ0v) is 10.4. The minimum Gasteiger partial charge on any atom is -0.481 e. The van der Waals surface area contributed by atoms with E-state index in [4.69, 9.17) is 0 Å². The Labute approximate surface area is 106 Å². The molecule has 4 nitrogen and oxygen atoms in total. The maximum Gasteiger partial charge on any atom is 0.311 e. The molecule has 4 heteroatoms. The third-order valence-corrected chi connectivity index (χ3v) is 3.52. The number of benzene rings is 1. The van der Waals surface area contributed by atoms with Gasteiger partial charge in [0.05, 0.1) is 5.41 Å². The summed E-state index contributed by atoms with van der Waals surface area (Å²) in [5.74, 6) is -0.907. The summed E-state index contributed by atoms with van der Waals surface area (Å²) in [5, 5.41) is 9.23. The number of carboxylic acid groups (broad SMARTS) is 1. The number of carbonyl (C=O) groups excluding carboxylic acids is 1. The summed E-state index contributed by atoms with van der Waals surface area (Å²) in [6, 6.07) is 9.00. The van der Waals surface area contributed by atoms with Crippen molar-refractivity contribution in [3.05, 3.63) is 35.9 Å². The molecule has 1 atom stereocenters. The summed E-state index contributed by atoms with van der Waals surface area (Å²) in [7, 11) is 0. The van der Waals surface area contributed by atoms with Crippen molar-refractivity contribution >= 4 is 11.9 Å². The number of carbonyl (C=O) groups is 2. The normalized spacial score (nSPS) is 23.7. The van der Waals surface area contributed by atoms with Crippen molar-refractivity contribution in [2.24, 2.45) is 5.41 Å². The second-order valence-electron chi connectivity index (χ2n) is 5.06. The van der Waals surface area contributed by atoms with Gasteiger partial charge in [-0.05, 0) is 31.9 Å². The molecule has 0 bridgehead atoms. The molecule has 1 aliphatic heterocycles. The molecule has 1 aromatic rings. The van der Waals surface area contributed by atoms with Crippen LogP contribution in [0.15, 0.2) is 30.3 Å². The Morgan fingerprint density at radius 3 is 2.56 bits per heavy atom. The largest absolute Gasteiger partial charge is 0.481 e. The van der Waals surface area contributed by atoms with Crippen LogP contribution in [0, 0.1) is 5.41 Å². The first-order chi connectivity index (χ1) is 8.53. The minimum absolute atomic E-state index is 0.0808. The third kappa shape index (κ3) is 2.37. The first kappa shape index (κ1) is 12.6. The molecule has 1 amide bonds. The second-order valence-corrected chi connectivity index (χ2v) is 5.06. The highest BCUT2D eigenvalue weighted by Crippen LogP contribution is 2.30. The van der Waals surface area contributed by atoms with Gasteiger partial charge in [-0.2, -0.15) is 0 Å². The van der Waals surface area contributed by atoms with E-state index in [1.807, 2.05) is 18.2 Å². The van der Waals surface area contributed by atoms with E-state index in [0.717, 1.165) is 6.42 Å². The van der Waals surface area contributed by atoms with E-state index in [-0.39, 0.29) is 12.5 Å². The number of amides is 1. The molecular formula is C14H17NO3. The molecule has 0 saturated carbocycles. The van der Waals surface area contributed by atoms with E-state index >= 15 is 0 Å². The van der Waals surface area contributed by atoms with Gasteiger partial charge in [-0.25, -0.2) is 0 Å². The topological polar surface area (TPSA) is 57.6 Å². The molecule has 1 N–H and O–H groups in total. The van der Waals surface area contributed by atoms with Crippen LogP contribution in [0.5, 0.6) is 0 Å². The number of hydrogen-bond acceptors (Lipinski definition) is 2. The van der Waals surface area contributed by atoms with E-state index in [0.29, 0.717) is 18.5 Å². The summed E-state index contributed by atoms with van der Waals surface area (Å²) < 4.78 is 0. The quantitative estimate of drug-likeness (QED) is 0.869. The lowest BCUT2D eigenvalue weighted by atomic mass is 9.82. The average Bonchev–Trinajstić information content (AvgIpc) is 2.39. The zero-order valence-electron chi connectivity index (χ0n) is 10.4. The van der Waals surface area contributed by atoms with Gasteiger partial charge in [0.25, 0.3) is 5.91 Å². The molecule has 96 valence electrons. The van der Waals surface area contributed by atoms with Crippen molar-refractivity contribution in [1.82, 2.24) is 4.90 Å².